The van der Waals surface area contributed by atoms with Crippen LogP contribution in [0.3, 0.4) is 0 Å². The van der Waals surface area contributed by atoms with E-state index in [1.807, 2.05) is 6.92 Å². The van der Waals surface area contributed by atoms with Crippen molar-refractivity contribution in [3.8, 4) is 11.5 Å². The minimum atomic E-state index is -4.42. The van der Waals surface area contributed by atoms with Gasteiger partial charge in [0.25, 0.3) is 0 Å². The van der Waals surface area contributed by atoms with E-state index in [4.69, 9.17) is 15.2 Å². The van der Waals surface area contributed by atoms with Gasteiger partial charge in [-0.3, -0.25) is 0 Å². The molecule has 2 aliphatic rings. The summed E-state index contributed by atoms with van der Waals surface area (Å²) in [5.41, 5.74) is 6.82. The normalized spacial score (nSPS) is 17.4. The molecule has 0 fully saturated rings. The van der Waals surface area contributed by atoms with Crippen molar-refractivity contribution in [3.63, 3.8) is 0 Å². The maximum Gasteiger partial charge on any atom is 0.420 e. The van der Waals surface area contributed by atoms with Gasteiger partial charge in [-0.15, -0.1) is 12.4 Å². The summed E-state index contributed by atoms with van der Waals surface area (Å²) in [4.78, 5) is 0. The summed E-state index contributed by atoms with van der Waals surface area (Å²) in [6.07, 6.45) is -3.16. The number of hydrogen-bond acceptors (Lipinski definition) is 3. The zero-order valence-electron chi connectivity index (χ0n) is 11.5. The molecule has 21 heavy (non-hydrogen) atoms. The number of nitrogens with two attached hydrogens (primary N) is 1. The molecule has 1 atom stereocenters. The molecule has 0 amide bonds. The maximum atomic E-state index is 13.3. The molecule has 0 radical (unpaired) electrons. The van der Waals surface area contributed by atoms with Crippen LogP contribution < -0.4 is 15.2 Å². The maximum absolute atomic E-state index is 13.3. The number of hydrogen-bond donors (Lipinski definition) is 1. The Kier molecular flexibility index (Phi) is 4.31. The Hall–Kier alpha value is -1.14. The van der Waals surface area contributed by atoms with Crippen molar-refractivity contribution in [2.24, 2.45) is 5.73 Å². The average Bonchev–Trinajstić information content (AvgIpc) is 2.93. The lowest BCUT2D eigenvalue weighted by atomic mass is 9.91. The highest BCUT2D eigenvalue weighted by Gasteiger charge is 2.43. The van der Waals surface area contributed by atoms with Gasteiger partial charge < -0.3 is 15.2 Å². The van der Waals surface area contributed by atoms with Gasteiger partial charge in [0.1, 0.15) is 17.1 Å². The molecule has 0 spiro atoms. The van der Waals surface area contributed by atoms with E-state index in [0.29, 0.717) is 24.2 Å². The van der Waals surface area contributed by atoms with Crippen molar-refractivity contribution < 1.29 is 22.6 Å². The fraction of sp³-hybridized carbons (Fsp3) is 0.571. The largest absolute Gasteiger partial charge is 0.493 e. The fourth-order valence-corrected chi connectivity index (χ4v) is 3.04. The molecule has 7 heteroatoms. The molecule has 0 aliphatic carbocycles. The Morgan fingerprint density at radius 2 is 1.67 bits per heavy atom. The van der Waals surface area contributed by atoms with E-state index in [2.05, 4.69) is 0 Å². The Morgan fingerprint density at radius 3 is 2.24 bits per heavy atom. The highest BCUT2D eigenvalue weighted by molar-refractivity contribution is 5.85. The summed E-state index contributed by atoms with van der Waals surface area (Å²) in [6.45, 7) is 2.40. The van der Waals surface area contributed by atoms with Crippen LogP contribution in [-0.2, 0) is 25.4 Å². The van der Waals surface area contributed by atoms with Crippen LogP contribution in [0.4, 0.5) is 13.2 Å². The zero-order chi connectivity index (χ0) is 14.5. The molecule has 1 aromatic carbocycles. The van der Waals surface area contributed by atoms with Crippen molar-refractivity contribution in [1.29, 1.82) is 0 Å². The topological polar surface area (TPSA) is 44.5 Å². The molecule has 0 aromatic heterocycles. The second-order valence-corrected chi connectivity index (χ2v) is 5.34. The molecule has 0 bridgehead atoms. The van der Waals surface area contributed by atoms with Crippen molar-refractivity contribution in [2.45, 2.75) is 38.4 Å². The molecular formula is C14H17ClF3NO2. The predicted octanol–water partition coefficient (Wildman–Crippen LogP) is 2.89. The van der Waals surface area contributed by atoms with Crippen molar-refractivity contribution >= 4 is 12.4 Å². The van der Waals surface area contributed by atoms with Crippen LogP contribution in [0.15, 0.2) is 0 Å². The lowest BCUT2D eigenvalue weighted by Crippen LogP contribution is -2.20. The first-order chi connectivity index (χ1) is 9.39. The van der Waals surface area contributed by atoms with Gasteiger partial charge in [0, 0.05) is 35.6 Å². The molecule has 0 saturated heterocycles. The monoisotopic (exact) mass is 323 g/mol. The van der Waals surface area contributed by atoms with Gasteiger partial charge in [-0.2, -0.15) is 13.2 Å². The first-order valence-corrected chi connectivity index (χ1v) is 6.68. The van der Waals surface area contributed by atoms with E-state index in [1.165, 1.54) is 0 Å². The zero-order valence-corrected chi connectivity index (χ0v) is 12.4. The quantitative estimate of drug-likeness (QED) is 0.910. The van der Waals surface area contributed by atoms with Crippen LogP contribution in [0.2, 0.25) is 0 Å². The summed E-state index contributed by atoms with van der Waals surface area (Å²) in [6, 6.07) is -0.135. The van der Waals surface area contributed by atoms with Gasteiger partial charge in [0.2, 0.25) is 0 Å². The first kappa shape index (κ1) is 16.2. The number of alkyl halides is 3. The molecule has 2 aliphatic heterocycles. The van der Waals surface area contributed by atoms with Gasteiger partial charge in [-0.25, -0.2) is 0 Å². The third-order valence-electron chi connectivity index (χ3n) is 3.72. The van der Waals surface area contributed by atoms with E-state index in [1.54, 1.807) is 0 Å². The molecule has 2 N–H and O–H groups in total. The fourth-order valence-electron chi connectivity index (χ4n) is 3.04. The van der Waals surface area contributed by atoms with Crippen molar-refractivity contribution in [2.75, 3.05) is 13.2 Å². The first-order valence-electron chi connectivity index (χ1n) is 6.68. The van der Waals surface area contributed by atoms with Gasteiger partial charge in [0.15, 0.2) is 0 Å². The number of rotatable bonds is 2. The van der Waals surface area contributed by atoms with E-state index in [9.17, 15) is 13.2 Å². The minimum absolute atomic E-state index is 0. The van der Waals surface area contributed by atoms with E-state index in [0.717, 1.165) is 5.56 Å². The highest BCUT2D eigenvalue weighted by atomic mass is 35.5. The Bertz CT molecular complexity index is 523. The summed E-state index contributed by atoms with van der Waals surface area (Å²) >= 11 is 0. The average molecular weight is 324 g/mol. The van der Waals surface area contributed by atoms with Gasteiger partial charge in [-0.05, 0) is 13.3 Å². The third kappa shape index (κ3) is 2.66. The van der Waals surface area contributed by atoms with E-state index < -0.39 is 11.7 Å². The molecule has 0 unspecified atom stereocenters. The molecule has 3 nitrogen and oxygen atoms in total. The number of fused-ring (bicyclic) bond motifs is 2. The second kappa shape index (κ2) is 5.57. The summed E-state index contributed by atoms with van der Waals surface area (Å²) in [5.74, 6) is 0.385. The minimum Gasteiger partial charge on any atom is -0.493 e. The molecule has 2 heterocycles. The van der Waals surface area contributed by atoms with Crippen molar-refractivity contribution in [1.82, 2.24) is 0 Å². The molecular weight excluding hydrogens is 307 g/mol. The summed E-state index contributed by atoms with van der Waals surface area (Å²) < 4.78 is 50.8. The van der Waals surface area contributed by atoms with Crippen LogP contribution in [-0.4, -0.2) is 19.3 Å². The van der Waals surface area contributed by atoms with Crippen LogP contribution in [0.1, 0.15) is 29.2 Å². The van der Waals surface area contributed by atoms with Crippen LogP contribution >= 0.6 is 12.4 Å². The number of halogens is 4. The molecule has 3 rings (SSSR count). The lowest BCUT2D eigenvalue weighted by molar-refractivity contribution is -0.139. The third-order valence-corrected chi connectivity index (χ3v) is 3.72. The second-order valence-electron chi connectivity index (χ2n) is 5.34. The standard InChI is InChI=1S/C14H16F3NO2.ClH/c1-7(18)6-10-8-2-4-20-13(8)11(14(15,16)17)9-3-5-19-12(9)10;/h7H,2-6,18H2,1H3;1H/t7-;/m0./s1. The number of ether oxygens (including phenoxy) is 2. The summed E-state index contributed by atoms with van der Waals surface area (Å²) in [7, 11) is 0. The summed E-state index contributed by atoms with van der Waals surface area (Å²) in [5, 5.41) is 0. The van der Waals surface area contributed by atoms with Crippen molar-refractivity contribution in [3.05, 3.63) is 22.3 Å². The lowest BCUT2D eigenvalue weighted by Gasteiger charge is -2.20. The van der Waals surface area contributed by atoms with Gasteiger partial charge in [-0.1, -0.05) is 0 Å². The number of benzene rings is 1. The smallest absolute Gasteiger partial charge is 0.420 e. The Balaban J connectivity index is 0.00000161. The predicted molar refractivity (Wildman–Crippen MR) is 74.4 cm³/mol. The highest BCUT2D eigenvalue weighted by Crippen LogP contribution is 2.50. The van der Waals surface area contributed by atoms with E-state index in [-0.39, 0.29) is 49.4 Å². The SMILES string of the molecule is C[C@H](N)Cc1c2c(c(C(F)(F)F)c3c1OCC3)OCC2.Cl. The van der Waals surface area contributed by atoms with Crippen LogP contribution in [0.25, 0.3) is 0 Å². The molecule has 1 aromatic rings. The van der Waals surface area contributed by atoms with Crippen LogP contribution in [0.5, 0.6) is 11.5 Å². The molecule has 0 saturated carbocycles. The van der Waals surface area contributed by atoms with Crippen LogP contribution in [0, 0.1) is 0 Å². The van der Waals surface area contributed by atoms with Gasteiger partial charge in [0.05, 0.1) is 13.2 Å². The van der Waals surface area contributed by atoms with Gasteiger partial charge >= 0.3 is 6.18 Å². The van der Waals surface area contributed by atoms with E-state index >= 15 is 0 Å². The Morgan fingerprint density at radius 1 is 1.10 bits per heavy atom. The molecule has 118 valence electrons. The Labute approximate surface area is 127 Å².